The second-order valence-electron chi connectivity index (χ2n) is 6.31. The van der Waals surface area contributed by atoms with Gasteiger partial charge in [0.05, 0.1) is 17.2 Å². The van der Waals surface area contributed by atoms with Crippen LogP contribution in [0.15, 0.2) is 18.3 Å². The van der Waals surface area contributed by atoms with Crippen LogP contribution in [-0.2, 0) is 17.7 Å². The maximum absolute atomic E-state index is 12.2. The Bertz CT molecular complexity index is 761. The third kappa shape index (κ3) is 6.57. The smallest absolute Gasteiger partial charge is 0.407 e. The average molecular weight is 398 g/mol. The molecule has 26 heavy (non-hydrogen) atoms. The zero-order valence-corrected chi connectivity index (χ0v) is 16.3. The van der Waals surface area contributed by atoms with Crippen LogP contribution < -0.4 is 10.6 Å². The molecule has 0 aromatic carbocycles. The van der Waals surface area contributed by atoms with Crippen molar-refractivity contribution in [2.45, 2.75) is 39.3 Å². The third-order valence-corrected chi connectivity index (χ3v) is 4.22. The van der Waals surface area contributed by atoms with E-state index in [0.29, 0.717) is 28.0 Å². The van der Waals surface area contributed by atoms with Gasteiger partial charge < -0.3 is 15.4 Å². The minimum absolute atomic E-state index is 0.160. The first kappa shape index (κ1) is 20.1. The highest BCUT2D eigenvalue weighted by atomic mass is 35.5. The van der Waals surface area contributed by atoms with Crippen LogP contribution in [0.5, 0.6) is 0 Å². The number of hydrogen-bond acceptors (Lipinski definition) is 7. The van der Waals surface area contributed by atoms with Crippen molar-refractivity contribution >= 4 is 34.9 Å². The molecule has 0 aliphatic carbocycles. The molecule has 0 atom stereocenters. The molecule has 0 saturated carbocycles. The van der Waals surface area contributed by atoms with Gasteiger partial charge in [-0.15, -0.1) is 11.3 Å². The van der Waals surface area contributed by atoms with E-state index in [9.17, 15) is 9.59 Å². The van der Waals surface area contributed by atoms with Gasteiger partial charge in [-0.25, -0.2) is 9.78 Å². The number of alkyl carbamates (subject to hydrolysis) is 1. The number of rotatable bonds is 6. The molecule has 0 radical (unpaired) electrons. The van der Waals surface area contributed by atoms with E-state index in [0.717, 1.165) is 0 Å². The van der Waals surface area contributed by atoms with Gasteiger partial charge in [0.15, 0.2) is 5.69 Å². The van der Waals surface area contributed by atoms with Crippen molar-refractivity contribution in [3.63, 3.8) is 0 Å². The molecule has 140 valence electrons. The first-order chi connectivity index (χ1) is 12.2. The Morgan fingerprint density at radius 2 is 2.08 bits per heavy atom. The van der Waals surface area contributed by atoms with Crippen LogP contribution in [0.3, 0.4) is 0 Å². The summed E-state index contributed by atoms with van der Waals surface area (Å²) in [5.74, 6) is -0.386. The molecule has 0 unspecified atom stereocenters. The second kappa shape index (κ2) is 8.91. The fraction of sp³-hybridized carbons (Fsp3) is 0.438. The summed E-state index contributed by atoms with van der Waals surface area (Å²) < 4.78 is 5.45. The fourth-order valence-corrected chi connectivity index (χ4v) is 3.04. The summed E-state index contributed by atoms with van der Waals surface area (Å²) in [4.78, 5) is 28.0. The molecule has 0 spiro atoms. The number of thiazole rings is 1. The number of aromatic nitrogens is 3. The quantitative estimate of drug-likeness (QED) is 0.775. The molecule has 0 saturated heterocycles. The largest absolute Gasteiger partial charge is 0.444 e. The Hall–Kier alpha value is -2.26. The predicted molar refractivity (Wildman–Crippen MR) is 98.3 cm³/mol. The van der Waals surface area contributed by atoms with Gasteiger partial charge in [-0.2, -0.15) is 10.2 Å². The van der Waals surface area contributed by atoms with Gasteiger partial charge in [0.2, 0.25) is 0 Å². The predicted octanol–water partition coefficient (Wildman–Crippen LogP) is 2.58. The molecule has 10 heteroatoms. The summed E-state index contributed by atoms with van der Waals surface area (Å²) in [6, 6.07) is 3.49. The Labute approximate surface area is 160 Å². The van der Waals surface area contributed by atoms with Gasteiger partial charge in [-0.05, 0) is 32.9 Å². The van der Waals surface area contributed by atoms with Crippen molar-refractivity contribution in [3.8, 4) is 0 Å². The van der Waals surface area contributed by atoms with E-state index in [-0.39, 0.29) is 18.1 Å². The van der Waals surface area contributed by atoms with Crippen LogP contribution in [-0.4, -0.2) is 39.3 Å². The first-order valence-corrected chi connectivity index (χ1v) is 9.11. The van der Waals surface area contributed by atoms with Crippen molar-refractivity contribution < 1.29 is 14.3 Å². The highest BCUT2D eigenvalue weighted by Crippen LogP contribution is 2.24. The number of nitrogens with zero attached hydrogens (tertiary/aromatic N) is 3. The summed E-state index contributed by atoms with van der Waals surface area (Å²) in [6.07, 6.45) is 1.50. The molecular weight excluding hydrogens is 378 g/mol. The van der Waals surface area contributed by atoms with Crippen molar-refractivity contribution in [1.29, 1.82) is 0 Å². The highest BCUT2D eigenvalue weighted by Gasteiger charge is 2.18. The van der Waals surface area contributed by atoms with Crippen LogP contribution in [0.4, 0.5) is 4.79 Å². The third-order valence-electron chi connectivity index (χ3n) is 2.91. The van der Waals surface area contributed by atoms with Crippen LogP contribution in [0.2, 0.25) is 4.34 Å². The Morgan fingerprint density at radius 3 is 2.73 bits per heavy atom. The van der Waals surface area contributed by atoms with Crippen LogP contribution >= 0.6 is 22.9 Å². The molecule has 0 fully saturated rings. The molecular formula is C16H20ClN5O3S. The van der Waals surface area contributed by atoms with E-state index >= 15 is 0 Å². The number of carbonyl (C=O) groups is 2. The molecule has 2 amide bonds. The number of carbonyl (C=O) groups excluding carboxylic acids is 2. The molecule has 0 bridgehead atoms. The summed E-state index contributed by atoms with van der Waals surface area (Å²) in [6.45, 7) is 5.94. The lowest BCUT2D eigenvalue weighted by atomic mass is 10.2. The summed E-state index contributed by atoms with van der Waals surface area (Å²) in [7, 11) is 0. The zero-order valence-electron chi connectivity index (χ0n) is 14.7. The van der Waals surface area contributed by atoms with Crippen molar-refractivity contribution in [2.24, 2.45) is 0 Å². The number of hydrogen-bond donors (Lipinski definition) is 2. The number of amides is 2. The molecule has 2 aromatic rings. The van der Waals surface area contributed by atoms with E-state index in [2.05, 4.69) is 25.8 Å². The number of halogens is 1. The normalized spacial score (nSPS) is 11.1. The summed E-state index contributed by atoms with van der Waals surface area (Å²) >= 11 is 7.31. The average Bonchev–Trinajstić information content (AvgIpc) is 2.93. The van der Waals surface area contributed by atoms with Gasteiger partial charge in [-0.3, -0.25) is 4.79 Å². The maximum Gasteiger partial charge on any atom is 0.407 e. The molecule has 2 heterocycles. The van der Waals surface area contributed by atoms with Crippen molar-refractivity contribution in [1.82, 2.24) is 25.8 Å². The summed E-state index contributed by atoms with van der Waals surface area (Å²) in [5.41, 5.74) is 0.241. The van der Waals surface area contributed by atoms with E-state index in [1.165, 1.54) is 11.3 Å². The maximum atomic E-state index is 12.2. The van der Waals surface area contributed by atoms with Crippen LogP contribution in [0.1, 0.15) is 42.0 Å². The van der Waals surface area contributed by atoms with Gasteiger partial charge >= 0.3 is 6.09 Å². The van der Waals surface area contributed by atoms with Gasteiger partial charge in [-0.1, -0.05) is 11.6 Å². The monoisotopic (exact) mass is 397 g/mol. The molecule has 2 aromatic heterocycles. The van der Waals surface area contributed by atoms with Gasteiger partial charge in [0.25, 0.3) is 5.91 Å². The molecule has 2 rings (SSSR count). The van der Waals surface area contributed by atoms with E-state index in [1.54, 1.807) is 39.1 Å². The lowest BCUT2D eigenvalue weighted by Crippen LogP contribution is -2.33. The van der Waals surface area contributed by atoms with Gasteiger partial charge in [0.1, 0.15) is 9.94 Å². The lowest BCUT2D eigenvalue weighted by Gasteiger charge is -2.19. The second-order valence-corrected chi connectivity index (χ2v) is 7.99. The van der Waals surface area contributed by atoms with E-state index < -0.39 is 11.7 Å². The van der Waals surface area contributed by atoms with E-state index in [1.807, 2.05) is 0 Å². The Balaban J connectivity index is 1.84. The Kier molecular flexibility index (Phi) is 6.87. The number of ether oxygens (including phenoxy) is 1. The summed E-state index contributed by atoms with van der Waals surface area (Å²) in [5, 5.41) is 13.6. The van der Waals surface area contributed by atoms with Gasteiger partial charge in [0, 0.05) is 19.2 Å². The van der Waals surface area contributed by atoms with E-state index in [4.69, 9.17) is 16.3 Å². The fourth-order valence-electron chi connectivity index (χ4n) is 1.86. The highest BCUT2D eigenvalue weighted by molar-refractivity contribution is 7.16. The molecule has 0 aliphatic heterocycles. The lowest BCUT2D eigenvalue weighted by molar-refractivity contribution is 0.0528. The van der Waals surface area contributed by atoms with Crippen molar-refractivity contribution in [2.75, 3.05) is 6.54 Å². The molecule has 2 N–H and O–H groups in total. The minimum Gasteiger partial charge on any atom is -0.444 e. The van der Waals surface area contributed by atoms with Crippen LogP contribution in [0, 0.1) is 0 Å². The SMILES string of the molecule is CC(C)(C)OC(=O)NCCc1nc(C(=O)NCc2cccnn2)c(Cl)s1. The van der Waals surface area contributed by atoms with Crippen molar-refractivity contribution in [3.05, 3.63) is 39.1 Å². The number of nitrogens with one attached hydrogen (secondary N) is 2. The first-order valence-electron chi connectivity index (χ1n) is 7.91. The Morgan fingerprint density at radius 1 is 1.31 bits per heavy atom. The molecule has 8 nitrogen and oxygen atoms in total. The zero-order chi connectivity index (χ0) is 19.2. The minimum atomic E-state index is -0.553. The van der Waals surface area contributed by atoms with Crippen LogP contribution in [0.25, 0.3) is 0 Å². The standard InChI is InChI=1S/C16H20ClN5O3S/c1-16(2,3)25-15(24)18-8-6-11-21-12(13(17)26-11)14(23)19-9-10-5-4-7-20-22-10/h4-5,7H,6,8-9H2,1-3H3,(H,18,24)(H,19,23). The molecule has 0 aliphatic rings. The topological polar surface area (TPSA) is 106 Å².